The lowest BCUT2D eigenvalue weighted by Gasteiger charge is -2.12. The molecular weight excluding hydrogens is 379 g/mol. The Bertz CT molecular complexity index is 647. The number of benzene rings is 2. The molecule has 2 aromatic carbocycles. The number of nitrogens with one attached hydrogen (secondary N) is 1. The van der Waals surface area contributed by atoms with Gasteiger partial charge in [0.25, 0.3) is 0 Å². The van der Waals surface area contributed by atoms with E-state index in [1.54, 1.807) is 24.3 Å². The largest absolute Gasteiger partial charge is 0.455 e. The summed E-state index contributed by atoms with van der Waals surface area (Å²) in [6, 6.07) is 9.30. The number of amidine groups is 1. The van der Waals surface area contributed by atoms with Gasteiger partial charge in [-0.15, -0.1) is 0 Å². The van der Waals surface area contributed by atoms with Crippen molar-refractivity contribution in [1.82, 2.24) is 0 Å². The van der Waals surface area contributed by atoms with Crippen molar-refractivity contribution < 1.29 is 9.13 Å². The van der Waals surface area contributed by atoms with Gasteiger partial charge in [0.05, 0.1) is 10.0 Å². The standard InChI is InChI=1S/C13H9Br2FN2O/c14-8-5-4-7(16)6-11(8)19-10-3-1-2-9(15)12(10)13(17)18/h1-6H,(H3,17,18). The third kappa shape index (κ3) is 3.13. The molecule has 0 atom stereocenters. The topological polar surface area (TPSA) is 59.1 Å². The van der Waals surface area contributed by atoms with E-state index in [0.29, 0.717) is 26.0 Å². The molecule has 0 spiro atoms. The smallest absolute Gasteiger partial charge is 0.144 e. The molecule has 0 radical (unpaired) electrons. The van der Waals surface area contributed by atoms with Crippen molar-refractivity contribution in [2.45, 2.75) is 0 Å². The van der Waals surface area contributed by atoms with E-state index >= 15 is 0 Å². The van der Waals surface area contributed by atoms with Gasteiger partial charge in [0.1, 0.15) is 23.2 Å². The van der Waals surface area contributed by atoms with Crippen molar-refractivity contribution in [2.75, 3.05) is 0 Å². The average Bonchev–Trinajstić information content (AvgIpc) is 2.33. The van der Waals surface area contributed by atoms with Crippen molar-refractivity contribution >= 4 is 37.7 Å². The van der Waals surface area contributed by atoms with Gasteiger partial charge in [0.2, 0.25) is 0 Å². The Morgan fingerprint density at radius 3 is 2.53 bits per heavy atom. The number of hydrogen-bond acceptors (Lipinski definition) is 2. The molecule has 0 aliphatic carbocycles. The van der Waals surface area contributed by atoms with Gasteiger partial charge >= 0.3 is 0 Å². The summed E-state index contributed by atoms with van der Waals surface area (Å²) >= 11 is 6.59. The lowest BCUT2D eigenvalue weighted by molar-refractivity contribution is 0.472. The van der Waals surface area contributed by atoms with Gasteiger partial charge in [-0.1, -0.05) is 6.07 Å². The zero-order valence-electron chi connectivity index (χ0n) is 9.58. The second-order valence-corrected chi connectivity index (χ2v) is 5.41. The zero-order valence-corrected chi connectivity index (χ0v) is 12.8. The Balaban J connectivity index is 2.46. The Kier molecular flexibility index (Phi) is 4.21. The van der Waals surface area contributed by atoms with E-state index in [9.17, 15) is 4.39 Å². The predicted molar refractivity (Wildman–Crippen MR) is 79.3 cm³/mol. The first-order valence-corrected chi connectivity index (χ1v) is 6.83. The van der Waals surface area contributed by atoms with E-state index in [1.807, 2.05) is 0 Å². The Labute approximate surface area is 126 Å². The molecule has 3 N–H and O–H groups in total. The summed E-state index contributed by atoms with van der Waals surface area (Å²) < 4.78 is 20.1. The van der Waals surface area contributed by atoms with Crippen LogP contribution in [-0.4, -0.2) is 5.84 Å². The lowest BCUT2D eigenvalue weighted by Crippen LogP contribution is -2.13. The second-order valence-electron chi connectivity index (χ2n) is 3.70. The molecule has 98 valence electrons. The highest BCUT2D eigenvalue weighted by molar-refractivity contribution is 9.10. The van der Waals surface area contributed by atoms with Crippen LogP contribution in [0.4, 0.5) is 4.39 Å². The van der Waals surface area contributed by atoms with E-state index < -0.39 is 5.82 Å². The molecule has 0 bridgehead atoms. The first-order chi connectivity index (χ1) is 8.99. The minimum absolute atomic E-state index is 0.130. The quantitative estimate of drug-likeness (QED) is 0.604. The van der Waals surface area contributed by atoms with E-state index in [2.05, 4.69) is 31.9 Å². The highest BCUT2D eigenvalue weighted by Gasteiger charge is 2.13. The normalized spacial score (nSPS) is 10.3. The van der Waals surface area contributed by atoms with Gasteiger partial charge in [-0.2, -0.15) is 0 Å². The van der Waals surface area contributed by atoms with Gasteiger partial charge in [-0.25, -0.2) is 4.39 Å². The average molecular weight is 388 g/mol. The molecule has 0 aliphatic heterocycles. The van der Waals surface area contributed by atoms with Crippen molar-refractivity contribution in [2.24, 2.45) is 5.73 Å². The SMILES string of the molecule is N=C(N)c1c(Br)cccc1Oc1cc(F)ccc1Br. The predicted octanol–water partition coefficient (Wildman–Crippen LogP) is 4.43. The molecule has 0 saturated heterocycles. The first kappa shape index (κ1) is 14.0. The Hall–Kier alpha value is -1.40. The van der Waals surface area contributed by atoms with E-state index in [0.717, 1.165) is 0 Å². The zero-order chi connectivity index (χ0) is 14.0. The number of ether oxygens (including phenoxy) is 1. The number of nitrogens with two attached hydrogens (primary N) is 1. The van der Waals surface area contributed by atoms with Crippen LogP contribution in [0.3, 0.4) is 0 Å². The molecule has 2 aromatic rings. The van der Waals surface area contributed by atoms with Gasteiger partial charge in [0.15, 0.2) is 0 Å². The fourth-order valence-corrected chi connectivity index (χ4v) is 2.41. The maximum Gasteiger partial charge on any atom is 0.144 e. The van der Waals surface area contributed by atoms with Crippen LogP contribution in [0.15, 0.2) is 45.3 Å². The van der Waals surface area contributed by atoms with Gasteiger partial charge < -0.3 is 10.5 Å². The summed E-state index contributed by atoms with van der Waals surface area (Å²) in [5.74, 6) is 0.168. The van der Waals surface area contributed by atoms with E-state index in [1.165, 1.54) is 12.1 Å². The molecule has 0 fully saturated rings. The summed E-state index contributed by atoms with van der Waals surface area (Å²) in [6.07, 6.45) is 0. The molecule has 0 aromatic heterocycles. The summed E-state index contributed by atoms with van der Waals surface area (Å²) in [6.45, 7) is 0. The highest BCUT2D eigenvalue weighted by atomic mass is 79.9. The third-order valence-electron chi connectivity index (χ3n) is 2.36. The Morgan fingerprint density at radius 1 is 1.11 bits per heavy atom. The molecule has 6 heteroatoms. The van der Waals surface area contributed by atoms with Crippen molar-refractivity contribution in [3.05, 3.63) is 56.7 Å². The van der Waals surface area contributed by atoms with Crippen LogP contribution >= 0.6 is 31.9 Å². The first-order valence-electron chi connectivity index (χ1n) is 5.25. The molecule has 19 heavy (non-hydrogen) atoms. The molecule has 3 nitrogen and oxygen atoms in total. The number of nitrogen functional groups attached to an aromatic ring is 1. The molecule has 0 amide bonds. The fourth-order valence-electron chi connectivity index (χ4n) is 1.52. The third-order valence-corrected chi connectivity index (χ3v) is 3.67. The summed E-state index contributed by atoms with van der Waals surface area (Å²) in [5.41, 5.74) is 5.95. The fraction of sp³-hybridized carbons (Fsp3) is 0. The molecule has 2 rings (SSSR count). The molecule has 0 unspecified atom stereocenters. The summed E-state index contributed by atoms with van der Waals surface area (Å²) in [4.78, 5) is 0. The van der Waals surface area contributed by atoms with Crippen LogP contribution in [-0.2, 0) is 0 Å². The number of rotatable bonds is 3. The van der Waals surface area contributed by atoms with Gasteiger partial charge in [-0.3, -0.25) is 5.41 Å². The van der Waals surface area contributed by atoms with Crippen molar-refractivity contribution in [1.29, 1.82) is 5.41 Å². The number of hydrogen-bond donors (Lipinski definition) is 2. The van der Waals surface area contributed by atoms with Crippen LogP contribution in [0, 0.1) is 11.2 Å². The van der Waals surface area contributed by atoms with Crippen molar-refractivity contribution in [3.63, 3.8) is 0 Å². The van der Waals surface area contributed by atoms with Crippen molar-refractivity contribution in [3.8, 4) is 11.5 Å². The minimum atomic E-state index is -0.405. The molecule has 0 saturated carbocycles. The molecular formula is C13H9Br2FN2O. The summed E-state index contributed by atoms with van der Waals surface area (Å²) in [7, 11) is 0. The monoisotopic (exact) mass is 386 g/mol. The maximum atomic E-state index is 13.2. The minimum Gasteiger partial charge on any atom is -0.455 e. The highest BCUT2D eigenvalue weighted by Crippen LogP contribution is 2.34. The van der Waals surface area contributed by atoms with Crippen LogP contribution in [0.2, 0.25) is 0 Å². The van der Waals surface area contributed by atoms with Crippen LogP contribution in [0.25, 0.3) is 0 Å². The number of halogens is 3. The van der Waals surface area contributed by atoms with Crippen LogP contribution < -0.4 is 10.5 Å². The van der Waals surface area contributed by atoms with E-state index in [4.69, 9.17) is 15.9 Å². The van der Waals surface area contributed by atoms with Gasteiger partial charge in [-0.05, 0) is 56.1 Å². The lowest BCUT2D eigenvalue weighted by atomic mass is 10.2. The van der Waals surface area contributed by atoms with Crippen LogP contribution in [0.1, 0.15) is 5.56 Å². The molecule has 0 heterocycles. The van der Waals surface area contributed by atoms with Crippen LogP contribution in [0.5, 0.6) is 11.5 Å². The second kappa shape index (κ2) is 5.71. The van der Waals surface area contributed by atoms with Gasteiger partial charge in [0, 0.05) is 10.5 Å². The van der Waals surface area contributed by atoms with E-state index in [-0.39, 0.29) is 5.84 Å². The summed E-state index contributed by atoms with van der Waals surface area (Å²) in [5, 5.41) is 7.56. The Morgan fingerprint density at radius 2 is 1.84 bits per heavy atom. The maximum absolute atomic E-state index is 13.2. The molecule has 0 aliphatic rings.